The molecule has 34 heavy (non-hydrogen) atoms. The fourth-order valence-electron chi connectivity index (χ4n) is 3.93. The van der Waals surface area contributed by atoms with E-state index in [4.69, 9.17) is 4.42 Å². The van der Waals surface area contributed by atoms with Crippen LogP contribution in [0.4, 0.5) is 5.13 Å². The number of aryl methyl sites for hydroxylation is 1. The van der Waals surface area contributed by atoms with Crippen molar-refractivity contribution in [2.45, 2.75) is 38.1 Å². The summed E-state index contributed by atoms with van der Waals surface area (Å²) in [6.45, 7) is 4.00. The number of fused-ring (bicyclic) bond motifs is 1. The van der Waals surface area contributed by atoms with Crippen LogP contribution in [0.2, 0.25) is 0 Å². The molecule has 0 spiro atoms. The predicted molar refractivity (Wildman–Crippen MR) is 134 cm³/mol. The molecule has 0 aliphatic carbocycles. The molecule has 1 atom stereocenters. The van der Waals surface area contributed by atoms with E-state index >= 15 is 0 Å². The standard InChI is InChI=1S/C24H25N5O3S2/c1-14-25-12-18(32-14)19-6-7-20(33-19)23(31)26-11-15-4-3-5-16(10-15)22(30)28-24-27-17-8-9-29(2)13-21(17)34-24/h3-6,10,12,20H,7-9,11,13H2,1-2H3,(H,26,31)(H,27,28,30). The van der Waals surface area contributed by atoms with E-state index in [-0.39, 0.29) is 17.1 Å². The van der Waals surface area contributed by atoms with Gasteiger partial charge in [0.1, 0.15) is 0 Å². The number of thiazole rings is 1. The molecule has 2 aliphatic rings. The third-order valence-corrected chi connectivity index (χ3v) is 8.05. The molecule has 4 heterocycles. The summed E-state index contributed by atoms with van der Waals surface area (Å²) in [5, 5.41) is 6.34. The summed E-state index contributed by atoms with van der Waals surface area (Å²) in [6.07, 6.45) is 5.24. The minimum Gasteiger partial charge on any atom is -0.441 e. The number of carbonyl (C=O) groups is 2. The molecule has 0 radical (unpaired) electrons. The molecular weight excluding hydrogens is 470 g/mol. The number of oxazole rings is 1. The van der Waals surface area contributed by atoms with E-state index in [0.29, 0.717) is 35.3 Å². The van der Waals surface area contributed by atoms with Crippen LogP contribution in [-0.4, -0.2) is 45.5 Å². The maximum absolute atomic E-state index is 12.8. The van der Waals surface area contributed by atoms with Gasteiger partial charge in [0.15, 0.2) is 16.8 Å². The van der Waals surface area contributed by atoms with E-state index in [1.54, 1.807) is 25.3 Å². The van der Waals surface area contributed by atoms with Gasteiger partial charge in [0.2, 0.25) is 5.91 Å². The Labute approximate surface area is 205 Å². The first-order valence-corrected chi connectivity index (χ1v) is 12.8. The van der Waals surface area contributed by atoms with E-state index in [0.717, 1.165) is 35.7 Å². The zero-order valence-corrected chi connectivity index (χ0v) is 20.6. The van der Waals surface area contributed by atoms with Crippen LogP contribution in [0, 0.1) is 6.92 Å². The highest BCUT2D eigenvalue weighted by Crippen LogP contribution is 2.39. The van der Waals surface area contributed by atoms with Crippen molar-refractivity contribution in [1.29, 1.82) is 0 Å². The molecular formula is C24H25N5O3S2. The van der Waals surface area contributed by atoms with Crippen molar-refractivity contribution in [3.63, 3.8) is 0 Å². The number of allylic oxidation sites excluding steroid dienone is 1. The van der Waals surface area contributed by atoms with Crippen LogP contribution in [0.3, 0.4) is 0 Å². The minimum absolute atomic E-state index is 0.0410. The first-order valence-electron chi connectivity index (χ1n) is 11.1. The summed E-state index contributed by atoms with van der Waals surface area (Å²) < 4.78 is 5.56. The number of hydrogen-bond acceptors (Lipinski definition) is 8. The van der Waals surface area contributed by atoms with Gasteiger partial charge in [-0.3, -0.25) is 14.9 Å². The number of amides is 2. The smallest absolute Gasteiger partial charge is 0.257 e. The summed E-state index contributed by atoms with van der Waals surface area (Å²) >= 11 is 3.02. The van der Waals surface area contributed by atoms with Crippen molar-refractivity contribution in [2.24, 2.45) is 0 Å². The number of likely N-dealkylation sites (N-methyl/N-ethyl adjacent to an activating group) is 1. The molecule has 0 fully saturated rings. The van der Waals surface area contributed by atoms with Gasteiger partial charge < -0.3 is 14.6 Å². The molecule has 5 rings (SSSR count). The molecule has 0 saturated heterocycles. The average molecular weight is 496 g/mol. The molecule has 176 valence electrons. The zero-order chi connectivity index (χ0) is 23.7. The second-order valence-electron chi connectivity index (χ2n) is 8.40. The number of benzene rings is 1. The van der Waals surface area contributed by atoms with E-state index < -0.39 is 0 Å². The van der Waals surface area contributed by atoms with Gasteiger partial charge >= 0.3 is 0 Å². The lowest BCUT2D eigenvalue weighted by Gasteiger charge is -2.20. The molecule has 3 aromatic rings. The van der Waals surface area contributed by atoms with Crippen LogP contribution < -0.4 is 10.6 Å². The van der Waals surface area contributed by atoms with Crippen LogP contribution >= 0.6 is 23.1 Å². The third kappa shape index (κ3) is 5.08. The number of rotatable bonds is 6. The van der Waals surface area contributed by atoms with Gasteiger partial charge in [-0.15, -0.1) is 23.1 Å². The van der Waals surface area contributed by atoms with Crippen molar-refractivity contribution in [2.75, 3.05) is 18.9 Å². The maximum atomic E-state index is 12.8. The molecule has 10 heteroatoms. The fourth-order valence-corrected chi connectivity index (χ4v) is 6.11. The van der Waals surface area contributed by atoms with E-state index in [1.165, 1.54) is 28.0 Å². The molecule has 2 amide bonds. The number of nitrogens with zero attached hydrogens (tertiary/aromatic N) is 3. The SMILES string of the molecule is Cc1ncc(C2=CCC(C(=O)NCc3cccc(C(=O)Nc4nc5c(s4)CN(C)CC5)c3)S2)o1. The summed E-state index contributed by atoms with van der Waals surface area (Å²) in [6, 6.07) is 7.30. The highest BCUT2D eigenvalue weighted by molar-refractivity contribution is 8.09. The Hall–Kier alpha value is -2.95. The van der Waals surface area contributed by atoms with Crippen LogP contribution in [-0.2, 0) is 24.3 Å². The average Bonchev–Trinajstić information content (AvgIpc) is 3.56. The second-order valence-corrected chi connectivity index (χ2v) is 10.7. The van der Waals surface area contributed by atoms with Gasteiger partial charge in [0.25, 0.3) is 5.91 Å². The van der Waals surface area contributed by atoms with E-state index in [9.17, 15) is 9.59 Å². The fraction of sp³-hybridized carbons (Fsp3) is 0.333. The van der Waals surface area contributed by atoms with Crippen LogP contribution in [0.15, 0.2) is 41.0 Å². The zero-order valence-electron chi connectivity index (χ0n) is 19.0. The van der Waals surface area contributed by atoms with Gasteiger partial charge in [-0.1, -0.05) is 18.2 Å². The minimum atomic E-state index is -0.207. The Morgan fingerprint density at radius 2 is 2.21 bits per heavy atom. The first-order chi connectivity index (χ1) is 16.4. The third-order valence-electron chi connectivity index (χ3n) is 5.74. The first kappa shape index (κ1) is 22.8. The number of anilines is 1. The van der Waals surface area contributed by atoms with Gasteiger partial charge in [0, 0.05) is 48.3 Å². The number of nitrogens with one attached hydrogen (secondary N) is 2. The van der Waals surface area contributed by atoms with E-state index in [1.807, 2.05) is 18.2 Å². The second kappa shape index (κ2) is 9.73. The predicted octanol–water partition coefficient (Wildman–Crippen LogP) is 3.84. The van der Waals surface area contributed by atoms with Gasteiger partial charge in [-0.25, -0.2) is 9.97 Å². The van der Waals surface area contributed by atoms with Crippen molar-refractivity contribution in [3.05, 3.63) is 69.9 Å². The molecule has 2 aliphatic heterocycles. The highest BCUT2D eigenvalue weighted by atomic mass is 32.2. The number of aromatic nitrogens is 2. The molecule has 1 aromatic carbocycles. The Balaban J connectivity index is 1.15. The van der Waals surface area contributed by atoms with Crippen molar-refractivity contribution >= 4 is 44.9 Å². The van der Waals surface area contributed by atoms with Crippen LogP contribution in [0.5, 0.6) is 0 Å². The Morgan fingerprint density at radius 1 is 1.32 bits per heavy atom. The lowest BCUT2D eigenvalue weighted by Crippen LogP contribution is -2.31. The summed E-state index contributed by atoms with van der Waals surface area (Å²) in [4.78, 5) is 38.6. The summed E-state index contributed by atoms with van der Waals surface area (Å²) in [5.41, 5.74) is 2.48. The summed E-state index contributed by atoms with van der Waals surface area (Å²) in [7, 11) is 2.09. The Bertz CT molecular complexity index is 1270. The van der Waals surface area contributed by atoms with Crippen LogP contribution in [0.1, 0.15) is 44.6 Å². The number of carbonyl (C=O) groups excluding carboxylic acids is 2. The molecule has 0 saturated carbocycles. The normalized spacial score (nSPS) is 17.8. The topological polar surface area (TPSA) is 100 Å². The van der Waals surface area contributed by atoms with Crippen molar-refractivity contribution < 1.29 is 14.0 Å². The lowest BCUT2D eigenvalue weighted by atomic mass is 10.1. The quantitative estimate of drug-likeness (QED) is 0.536. The molecule has 2 aromatic heterocycles. The monoisotopic (exact) mass is 495 g/mol. The molecule has 8 nitrogen and oxygen atoms in total. The maximum Gasteiger partial charge on any atom is 0.257 e. The molecule has 2 N–H and O–H groups in total. The summed E-state index contributed by atoms with van der Waals surface area (Å²) in [5.74, 6) is 1.07. The Morgan fingerprint density at radius 3 is 3.03 bits per heavy atom. The van der Waals surface area contributed by atoms with Crippen LogP contribution in [0.25, 0.3) is 4.91 Å². The molecule has 0 bridgehead atoms. The highest BCUT2D eigenvalue weighted by Gasteiger charge is 2.27. The van der Waals surface area contributed by atoms with Crippen molar-refractivity contribution in [3.8, 4) is 0 Å². The molecule has 1 unspecified atom stereocenters. The Kier molecular flexibility index (Phi) is 6.53. The van der Waals surface area contributed by atoms with Crippen molar-refractivity contribution in [1.82, 2.24) is 20.2 Å². The lowest BCUT2D eigenvalue weighted by molar-refractivity contribution is -0.120. The largest absolute Gasteiger partial charge is 0.441 e. The number of thioether (sulfide) groups is 1. The van der Waals surface area contributed by atoms with Gasteiger partial charge in [-0.05, 0) is 31.2 Å². The van der Waals surface area contributed by atoms with Gasteiger partial charge in [0.05, 0.1) is 17.1 Å². The van der Waals surface area contributed by atoms with Gasteiger partial charge in [-0.2, -0.15) is 0 Å². The van der Waals surface area contributed by atoms with E-state index in [2.05, 4.69) is 32.5 Å². The number of hydrogen-bond donors (Lipinski definition) is 2.